The van der Waals surface area contributed by atoms with Gasteiger partial charge < -0.3 is 5.11 Å². The number of carbonyl (C=O) groups excluding carboxylic acids is 1. The van der Waals surface area contributed by atoms with Crippen LogP contribution < -0.4 is 0 Å². The molecule has 1 heterocycles. The first-order chi connectivity index (χ1) is 13.9. The lowest BCUT2D eigenvalue weighted by Crippen LogP contribution is -2.26. The molecule has 1 aliphatic carbocycles. The van der Waals surface area contributed by atoms with E-state index in [9.17, 15) is 9.90 Å². The second kappa shape index (κ2) is 7.51. The Balaban J connectivity index is 1.76. The average molecular weight is 385 g/mol. The Morgan fingerprint density at radius 1 is 1.03 bits per heavy atom. The highest BCUT2D eigenvalue weighted by atomic mass is 16.3. The number of hydrogen-bond donors (Lipinski definition) is 1. The molecular weight excluding hydrogens is 362 g/mol. The number of hydrogen-bond acceptors (Lipinski definition) is 4. The zero-order valence-electron chi connectivity index (χ0n) is 16.5. The molecule has 0 saturated carbocycles. The van der Waals surface area contributed by atoms with Crippen molar-refractivity contribution < 1.29 is 9.90 Å². The third kappa shape index (κ3) is 4.04. The zero-order chi connectivity index (χ0) is 20.4. The minimum atomic E-state index is -0.231. The number of nitrogens with zero attached hydrogens (tertiary/aromatic N) is 3. The van der Waals surface area contributed by atoms with Crippen LogP contribution in [0.5, 0.6) is 0 Å². The number of carbonyl (C=O) groups is 1. The van der Waals surface area contributed by atoms with Gasteiger partial charge in [0.25, 0.3) is 0 Å². The fourth-order valence-electron chi connectivity index (χ4n) is 3.55. The van der Waals surface area contributed by atoms with E-state index in [1.165, 1.54) is 6.21 Å². The number of aliphatic hydroxyl groups is 1. The number of aromatic nitrogens is 2. The predicted molar refractivity (Wildman–Crippen MR) is 115 cm³/mol. The van der Waals surface area contributed by atoms with Crippen molar-refractivity contribution in [2.24, 2.45) is 10.4 Å². The number of rotatable bonds is 4. The number of ketones is 1. The smallest absolute Gasteiger partial charge is 0.168 e. The molecule has 0 bridgehead atoms. The monoisotopic (exact) mass is 385 g/mol. The van der Waals surface area contributed by atoms with Gasteiger partial charge in [0.05, 0.1) is 17.0 Å². The lowest BCUT2D eigenvalue weighted by atomic mass is 9.77. The quantitative estimate of drug-likeness (QED) is 0.608. The number of benzene rings is 2. The molecule has 1 aromatic heterocycles. The van der Waals surface area contributed by atoms with E-state index in [1.54, 1.807) is 4.68 Å². The standard InChI is InChI=1S/C24H23N3O2/c1-24(2)14-21(28)19(22(29)15-24)16-25-23-13-20(17-9-5-3-6-10-17)26-27(23)18-11-7-4-8-12-18/h3-13,16,28H,14-15H2,1-2H3. The first-order valence-electron chi connectivity index (χ1n) is 9.63. The summed E-state index contributed by atoms with van der Waals surface area (Å²) in [6, 6.07) is 21.5. The highest BCUT2D eigenvalue weighted by molar-refractivity contribution is 6.14. The second-order valence-corrected chi connectivity index (χ2v) is 8.06. The molecule has 5 heteroatoms. The van der Waals surface area contributed by atoms with Gasteiger partial charge in [-0.15, -0.1) is 0 Å². The van der Waals surface area contributed by atoms with E-state index in [4.69, 9.17) is 5.10 Å². The topological polar surface area (TPSA) is 67.5 Å². The van der Waals surface area contributed by atoms with Crippen LogP contribution in [0.4, 0.5) is 5.82 Å². The van der Waals surface area contributed by atoms with Crippen molar-refractivity contribution in [2.75, 3.05) is 0 Å². The van der Waals surface area contributed by atoms with E-state index in [-0.39, 0.29) is 22.5 Å². The maximum Gasteiger partial charge on any atom is 0.168 e. The first-order valence-corrected chi connectivity index (χ1v) is 9.63. The largest absolute Gasteiger partial charge is 0.511 e. The third-order valence-corrected chi connectivity index (χ3v) is 4.98. The zero-order valence-corrected chi connectivity index (χ0v) is 16.5. The van der Waals surface area contributed by atoms with Crippen LogP contribution in [-0.2, 0) is 4.79 Å². The van der Waals surface area contributed by atoms with Crippen molar-refractivity contribution in [3.63, 3.8) is 0 Å². The minimum Gasteiger partial charge on any atom is -0.511 e. The molecular formula is C24H23N3O2. The van der Waals surface area contributed by atoms with Crippen LogP contribution in [0.2, 0.25) is 0 Å². The van der Waals surface area contributed by atoms with Crippen LogP contribution in [0.1, 0.15) is 26.7 Å². The predicted octanol–water partition coefficient (Wildman–Crippen LogP) is 5.44. The summed E-state index contributed by atoms with van der Waals surface area (Å²) in [5.74, 6) is 0.605. The SMILES string of the molecule is CC1(C)CC(=O)C(C=Nc2cc(-c3ccccc3)nn2-c2ccccc2)=C(O)C1. The molecule has 146 valence electrons. The summed E-state index contributed by atoms with van der Waals surface area (Å²) in [5.41, 5.74) is 2.69. The van der Waals surface area contributed by atoms with Crippen molar-refractivity contribution in [3.05, 3.63) is 78.1 Å². The highest BCUT2D eigenvalue weighted by Crippen LogP contribution is 2.35. The Labute approximate surface area is 170 Å². The molecule has 0 atom stereocenters. The fraction of sp³-hybridized carbons (Fsp3) is 0.208. The molecule has 3 aromatic rings. The lowest BCUT2D eigenvalue weighted by Gasteiger charge is -2.28. The van der Waals surface area contributed by atoms with Gasteiger partial charge in [-0.3, -0.25) is 4.79 Å². The number of aliphatic hydroxyl groups excluding tert-OH is 1. The van der Waals surface area contributed by atoms with Crippen LogP contribution in [0, 0.1) is 5.41 Å². The molecule has 0 amide bonds. The molecule has 1 aliphatic rings. The number of allylic oxidation sites excluding steroid dienone is 2. The molecule has 0 spiro atoms. The van der Waals surface area contributed by atoms with Crippen LogP contribution in [0.15, 0.2) is 83.1 Å². The maximum absolute atomic E-state index is 12.5. The Morgan fingerprint density at radius 3 is 2.34 bits per heavy atom. The summed E-state index contributed by atoms with van der Waals surface area (Å²) in [5, 5.41) is 15.1. The molecule has 0 saturated heterocycles. The van der Waals surface area contributed by atoms with E-state index in [0.717, 1.165) is 16.9 Å². The fourth-order valence-corrected chi connectivity index (χ4v) is 3.55. The van der Waals surface area contributed by atoms with Gasteiger partial charge in [0.2, 0.25) is 0 Å². The van der Waals surface area contributed by atoms with E-state index >= 15 is 0 Å². The summed E-state index contributed by atoms with van der Waals surface area (Å²) in [6.07, 6.45) is 2.33. The van der Waals surface area contributed by atoms with Gasteiger partial charge in [-0.25, -0.2) is 9.67 Å². The molecule has 29 heavy (non-hydrogen) atoms. The molecule has 1 N–H and O–H groups in total. The van der Waals surface area contributed by atoms with Crippen molar-refractivity contribution in [1.82, 2.24) is 9.78 Å². The van der Waals surface area contributed by atoms with Crippen molar-refractivity contribution in [1.29, 1.82) is 0 Å². The van der Waals surface area contributed by atoms with Crippen LogP contribution in [0.3, 0.4) is 0 Å². The third-order valence-electron chi connectivity index (χ3n) is 4.98. The van der Waals surface area contributed by atoms with Gasteiger partial charge >= 0.3 is 0 Å². The van der Waals surface area contributed by atoms with Gasteiger partial charge in [-0.1, -0.05) is 62.4 Å². The summed E-state index contributed by atoms with van der Waals surface area (Å²) in [6.45, 7) is 3.96. The van der Waals surface area contributed by atoms with Crippen molar-refractivity contribution in [3.8, 4) is 16.9 Å². The Kier molecular flexibility index (Phi) is 4.89. The van der Waals surface area contributed by atoms with Crippen LogP contribution in [0.25, 0.3) is 16.9 Å². The molecule has 5 nitrogen and oxygen atoms in total. The van der Waals surface area contributed by atoms with E-state index in [1.807, 2.05) is 80.6 Å². The van der Waals surface area contributed by atoms with Crippen LogP contribution >= 0.6 is 0 Å². The Hall–Kier alpha value is -3.47. The van der Waals surface area contributed by atoms with Crippen molar-refractivity contribution in [2.45, 2.75) is 26.7 Å². The molecule has 2 aromatic carbocycles. The van der Waals surface area contributed by atoms with Gasteiger partial charge in [-0.2, -0.15) is 5.10 Å². The number of Topliss-reactive ketones (excluding diaryl/α,β-unsaturated/α-hetero) is 1. The van der Waals surface area contributed by atoms with Crippen molar-refractivity contribution >= 4 is 17.8 Å². The first kappa shape index (κ1) is 18.9. The van der Waals surface area contributed by atoms with Gasteiger partial charge in [0.1, 0.15) is 5.76 Å². The molecule has 0 fully saturated rings. The lowest BCUT2D eigenvalue weighted by molar-refractivity contribution is -0.117. The molecule has 0 unspecified atom stereocenters. The Morgan fingerprint density at radius 2 is 1.69 bits per heavy atom. The summed E-state index contributed by atoms with van der Waals surface area (Å²) < 4.78 is 1.74. The highest BCUT2D eigenvalue weighted by Gasteiger charge is 2.32. The number of para-hydroxylation sites is 1. The molecule has 0 aliphatic heterocycles. The van der Waals surface area contributed by atoms with Gasteiger partial charge in [0.15, 0.2) is 11.6 Å². The second-order valence-electron chi connectivity index (χ2n) is 8.06. The normalized spacial score (nSPS) is 16.6. The minimum absolute atomic E-state index is 0.0865. The van der Waals surface area contributed by atoms with E-state index in [0.29, 0.717) is 18.7 Å². The van der Waals surface area contributed by atoms with Gasteiger partial charge in [-0.05, 0) is 17.5 Å². The van der Waals surface area contributed by atoms with Gasteiger partial charge in [0, 0.05) is 30.7 Å². The molecule has 4 rings (SSSR count). The average Bonchev–Trinajstić information content (AvgIpc) is 3.12. The maximum atomic E-state index is 12.5. The Bertz CT molecular complexity index is 1090. The van der Waals surface area contributed by atoms with E-state index in [2.05, 4.69) is 4.99 Å². The summed E-state index contributed by atoms with van der Waals surface area (Å²) in [4.78, 5) is 17.0. The number of aliphatic imine (C=N–C) groups is 1. The molecule has 0 radical (unpaired) electrons. The summed E-state index contributed by atoms with van der Waals surface area (Å²) in [7, 11) is 0. The van der Waals surface area contributed by atoms with E-state index < -0.39 is 0 Å². The summed E-state index contributed by atoms with van der Waals surface area (Å²) >= 11 is 0. The van der Waals surface area contributed by atoms with Crippen LogP contribution in [-0.4, -0.2) is 26.9 Å².